The van der Waals surface area contributed by atoms with Crippen LogP contribution in [0.15, 0.2) is 76.4 Å². The van der Waals surface area contributed by atoms with E-state index in [1.165, 1.54) is 19.1 Å². The predicted octanol–water partition coefficient (Wildman–Crippen LogP) is 5.81. The van der Waals surface area contributed by atoms with Gasteiger partial charge in [0.15, 0.2) is 5.78 Å². The van der Waals surface area contributed by atoms with Crippen LogP contribution < -0.4 is 10.2 Å². The molecule has 1 aliphatic heterocycles. The van der Waals surface area contributed by atoms with Gasteiger partial charge in [-0.05, 0) is 48.2 Å². The number of carbonyl (C=O) groups is 3. The van der Waals surface area contributed by atoms with Crippen LogP contribution in [0.25, 0.3) is 11.3 Å². The van der Waals surface area contributed by atoms with Crippen LogP contribution in [0.2, 0.25) is 0 Å². The summed E-state index contributed by atoms with van der Waals surface area (Å²) in [7, 11) is 0. The molecular formula is C28H26N2O5. The quantitative estimate of drug-likeness (QED) is 0.501. The average molecular weight is 471 g/mol. The number of aromatic carboxylic acids is 1. The third-order valence-electron chi connectivity index (χ3n) is 6.53. The number of furan rings is 1. The minimum absolute atomic E-state index is 0.0290. The van der Waals surface area contributed by atoms with E-state index in [0.717, 1.165) is 11.4 Å². The van der Waals surface area contributed by atoms with Gasteiger partial charge in [-0.3, -0.25) is 14.5 Å². The monoisotopic (exact) mass is 470 g/mol. The zero-order valence-corrected chi connectivity index (χ0v) is 19.8. The molecule has 178 valence electrons. The fourth-order valence-electron chi connectivity index (χ4n) is 5.07. The number of Topliss-reactive ketones (excluding diaryl/α,β-unsaturated/α-hetero) is 1. The Balaban J connectivity index is 1.70. The highest BCUT2D eigenvalue weighted by Gasteiger charge is 2.43. The van der Waals surface area contributed by atoms with Crippen molar-refractivity contribution in [2.75, 3.05) is 10.2 Å². The number of carboxylic acid groups (broad SMARTS) is 1. The van der Waals surface area contributed by atoms with E-state index in [4.69, 9.17) is 4.42 Å². The van der Waals surface area contributed by atoms with Gasteiger partial charge in [-0.25, -0.2) is 4.79 Å². The van der Waals surface area contributed by atoms with Crippen molar-refractivity contribution in [3.8, 4) is 11.3 Å². The van der Waals surface area contributed by atoms with Crippen LogP contribution in [0.1, 0.15) is 55.8 Å². The number of benzene rings is 2. The molecule has 0 radical (unpaired) electrons. The van der Waals surface area contributed by atoms with E-state index in [0.29, 0.717) is 41.2 Å². The Hall–Kier alpha value is -4.13. The first-order valence-corrected chi connectivity index (χ1v) is 11.5. The lowest BCUT2D eigenvalue weighted by atomic mass is 9.74. The summed E-state index contributed by atoms with van der Waals surface area (Å²) in [6.45, 7) is 5.60. The molecule has 0 fully saturated rings. The number of hydrogen-bond donors (Lipinski definition) is 2. The summed E-state index contributed by atoms with van der Waals surface area (Å²) in [4.78, 5) is 39.7. The van der Waals surface area contributed by atoms with Crippen molar-refractivity contribution >= 4 is 29.0 Å². The van der Waals surface area contributed by atoms with Gasteiger partial charge in [0.25, 0.3) is 0 Å². The fourth-order valence-corrected chi connectivity index (χ4v) is 5.07. The number of nitrogens with one attached hydrogen (secondary N) is 1. The molecule has 5 rings (SSSR count). The molecule has 0 saturated carbocycles. The average Bonchev–Trinajstić information content (AvgIpc) is 3.22. The van der Waals surface area contributed by atoms with Gasteiger partial charge >= 0.3 is 5.97 Å². The zero-order chi connectivity index (χ0) is 24.9. The number of fused-ring (bicyclic) bond motifs is 1. The Morgan fingerprint density at radius 2 is 1.83 bits per heavy atom. The normalized spacial score (nSPS) is 18.9. The van der Waals surface area contributed by atoms with E-state index in [1.807, 2.05) is 24.3 Å². The maximum absolute atomic E-state index is 13.6. The number of amides is 1. The van der Waals surface area contributed by atoms with Crippen molar-refractivity contribution in [3.05, 3.63) is 83.3 Å². The molecular weight excluding hydrogens is 444 g/mol. The number of para-hydroxylation sites is 2. The molecule has 1 aromatic heterocycles. The first kappa shape index (κ1) is 22.7. The fraction of sp³-hybridized carbons (Fsp3) is 0.250. The number of carbonyl (C=O) groups excluding carboxylic acids is 2. The maximum Gasteiger partial charge on any atom is 0.335 e. The molecule has 2 N–H and O–H groups in total. The van der Waals surface area contributed by atoms with Gasteiger partial charge in [-0.15, -0.1) is 0 Å². The summed E-state index contributed by atoms with van der Waals surface area (Å²) in [6.07, 6.45) is 1.01. The van der Waals surface area contributed by atoms with Gasteiger partial charge in [0.1, 0.15) is 17.6 Å². The topological polar surface area (TPSA) is 99.9 Å². The van der Waals surface area contributed by atoms with Gasteiger partial charge in [0.05, 0.1) is 16.9 Å². The van der Waals surface area contributed by atoms with Crippen LogP contribution >= 0.6 is 0 Å². The Kier molecular flexibility index (Phi) is 5.35. The lowest BCUT2D eigenvalue weighted by molar-refractivity contribution is -0.118. The maximum atomic E-state index is 13.6. The van der Waals surface area contributed by atoms with E-state index in [-0.39, 0.29) is 22.7 Å². The largest absolute Gasteiger partial charge is 0.478 e. The predicted molar refractivity (Wildman–Crippen MR) is 132 cm³/mol. The molecule has 0 saturated heterocycles. The summed E-state index contributed by atoms with van der Waals surface area (Å²) in [6, 6.07) is 16.7. The minimum Gasteiger partial charge on any atom is -0.478 e. The van der Waals surface area contributed by atoms with Crippen molar-refractivity contribution in [1.29, 1.82) is 0 Å². The molecule has 1 atom stereocenters. The molecule has 35 heavy (non-hydrogen) atoms. The highest BCUT2D eigenvalue weighted by atomic mass is 16.4. The van der Waals surface area contributed by atoms with Gasteiger partial charge in [0.2, 0.25) is 5.91 Å². The molecule has 7 nitrogen and oxygen atoms in total. The van der Waals surface area contributed by atoms with Crippen LogP contribution in [-0.2, 0) is 9.59 Å². The Morgan fingerprint density at radius 3 is 2.57 bits per heavy atom. The Labute approximate surface area is 203 Å². The second kappa shape index (κ2) is 8.27. The molecule has 1 aliphatic carbocycles. The van der Waals surface area contributed by atoms with Crippen molar-refractivity contribution in [2.45, 2.75) is 39.7 Å². The number of rotatable bonds is 3. The van der Waals surface area contributed by atoms with E-state index < -0.39 is 12.0 Å². The number of carboxylic acids is 1. The number of hydrogen-bond acceptors (Lipinski definition) is 5. The van der Waals surface area contributed by atoms with Crippen molar-refractivity contribution in [1.82, 2.24) is 0 Å². The van der Waals surface area contributed by atoms with Crippen LogP contribution in [0.5, 0.6) is 0 Å². The molecule has 0 bridgehead atoms. The van der Waals surface area contributed by atoms with Gasteiger partial charge in [-0.1, -0.05) is 38.1 Å². The minimum atomic E-state index is -1.03. The number of allylic oxidation sites excluding steroid dienone is 1. The molecule has 3 aromatic rings. The molecule has 2 heterocycles. The van der Waals surface area contributed by atoms with Gasteiger partial charge in [-0.2, -0.15) is 0 Å². The van der Waals surface area contributed by atoms with Gasteiger partial charge in [0, 0.05) is 30.2 Å². The molecule has 0 spiro atoms. The summed E-state index contributed by atoms with van der Waals surface area (Å²) >= 11 is 0. The van der Waals surface area contributed by atoms with E-state index in [2.05, 4.69) is 19.2 Å². The van der Waals surface area contributed by atoms with Crippen molar-refractivity contribution < 1.29 is 23.9 Å². The lowest BCUT2D eigenvalue weighted by Crippen LogP contribution is -2.38. The third-order valence-corrected chi connectivity index (χ3v) is 6.53. The third kappa shape index (κ3) is 4.03. The molecule has 0 unspecified atom stereocenters. The van der Waals surface area contributed by atoms with Crippen LogP contribution in [0.4, 0.5) is 11.4 Å². The number of nitrogens with zero attached hydrogens (tertiary/aromatic N) is 1. The summed E-state index contributed by atoms with van der Waals surface area (Å²) in [5.74, 6) is -0.379. The highest BCUT2D eigenvalue weighted by Crippen LogP contribution is 2.48. The summed E-state index contributed by atoms with van der Waals surface area (Å²) < 4.78 is 6.24. The standard InChI is InChI=1S/C28H26N2O5/c1-16(31)30-21-10-5-4-9-19(21)29-20-14-28(2,3)15-22(32)25(20)26(30)24-12-11-23(35-24)17-7-6-8-18(13-17)27(33)34/h4-13,26,29H,14-15H2,1-3H3,(H,33,34)/t26-/m0/s1. The lowest BCUT2D eigenvalue weighted by Gasteiger charge is -2.35. The van der Waals surface area contributed by atoms with Crippen molar-refractivity contribution in [3.63, 3.8) is 0 Å². The molecule has 2 aliphatic rings. The van der Waals surface area contributed by atoms with Crippen LogP contribution in [-0.4, -0.2) is 22.8 Å². The zero-order valence-electron chi connectivity index (χ0n) is 19.8. The highest BCUT2D eigenvalue weighted by molar-refractivity contribution is 6.05. The molecule has 7 heteroatoms. The van der Waals surface area contributed by atoms with E-state index >= 15 is 0 Å². The van der Waals surface area contributed by atoms with E-state index in [9.17, 15) is 19.5 Å². The first-order chi connectivity index (χ1) is 16.6. The second-order valence-corrected chi connectivity index (χ2v) is 9.85. The first-order valence-electron chi connectivity index (χ1n) is 11.5. The number of anilines is 2. The SMILES string of the molecule is CC(=O)N1c2ccccc2NC2=C(C(=O)CC(C)(C)C2)[C@@H]1c1ccc(-c2cccc(C(=O)O)c2)o1. The van der Waals surface area contributed by atoms with Gasteiger partial charge < -0.3 is 14.8 Å². The number of ketones is 1. The Bertz CT molecular complexity index is 1400. The molecule has 2 aromatic carbocycles. The van der Waals surface area contributed by atoms with Crippen LogP contribution in [0, 0.1) is 5.41 Å². The molecule has 1 amide bonds. The summed E-state index contributed by atoms with van der Waals surface area (Å²) in [5.41, 5.74) is 3.25. The smallest absolute Gasteiger partial charge is 0.335 e. The second-order valence-electron chi connectivity index (χ2n) is 9.85. The van der Waals surface area contributed by atoms with Crippen LogP contribution in [0.3, 0.4) is 0 Å². The van der Waals surface area contributed by atoms with E-state index in [1.54, 1.807) is 29.2 Å². The summed E-state index contributed by atoms with van der Waals surface area (Å²) in [5, 5.41) is 12.8. The van der Waals surface area contributed by atoms with Crippen molar-refractivity contribution in [2.24, 2.45) is 5.41 Å². The Morgan fingerprint density at radius 1 is 1.06 bits per heavy atom.